The van der Waals surface area contributed by atoms with Gasteiger partial charge in [0.15, 0.2) is 0 Å². The van der Waals surface area contributed by atoms with Crippen molar-refractivity contribution >= 4 is 11.9 Å². The number of esters is 2. The molecule has 23 heavy (non-hydrogen) atoms. The molecule has 0 unspecified atom stereocenters. The average Bonchev–Trinajstić information content (AvgIpc) is 2.72. The van der Waals surface area contributed by atoms with Gasteiger partial charge in [-0.2, -0.15) is 0 Å². The highest BCUT2D eigenvalue weighted by atomic mass is 16.7. The van der Waals surface area contributed by atoms with Crippen LogP contribution in [0.25, 0.3) is 0 Å². The Labute approximate surface area is 135 Å². The minimum Gasteiger partial charge on any atom is -0.497 e. The first-order valence-corrected chi connectivity index (χ1v) is 7.46. The number of rotatable bonds is 6. The number of methoxy groups -OCH3 is 1. The maximum Gasteiger partial charge on any atom is 0.317 e. The molecule has 1 aliphatic rings. The quantitative estimate of drug-likeness (QED) is 0.748. The Morgan fingerprint density at radius 1 is 1.30 bits per heavy atom. The fourth-order valence-corrected chi connectivity index (χ4v) is 2.41. The van der Waals surface area contributed by atoms with Crippen molar-refractivity contribution in [2.75, 3.05) is 13.7 Å². The number of carbonyl (C=O) groups excluding carboxylic acids is 2. The summed E-state index contributed by atoms with van der Waals surface area (Å²) >= 11 is 0. The predicted molar refractivity (Wildman–Crippen MR) is 81.6 cm³/mol. The van der Waals surface area contributed by atoms with Crippen molar-refractivity contribution in [3.63, 3.8) is 0 Å². The third-order valence-electron chi connectivity index (χ3n) is 4.21. The third-order valence-corrected chi connectivity index (χ3v) is 4.21. The molecule has 1 aliphatic heterocycles. The summed E-state index contributed by atoms with van der Waals surface area (Å²) in [5.74, 6) is -0.392. The van der Waals surface area contributed by atoms with E-state index >= 15 is 0 Å². The molecule has 0 amide bonds. The summed E-state index contributed by atoms with van der Waals surface area (Å²) in [6, 6.07) is 7.51. The van der Waals surface area contributed by atoms with E-state index in [1.807, 2.05) is 31.2 Å². The SMILES string of the molecule is COc1ccc(COC[C@@]2(C)C(=O)O[C@H](OC(C)=O)[C@H]2C)cc1. The van der Waals surface area contributed by atoms with Gasteiger partial charge in [-0.05, 0) is 24.6 Å². The summed E-state index contributed by atoms with van der Waals surface area (Å²) in [5, 5.41) is 0. The highest BCUT2D eigenvalue weighted by Crippen LogP contribution is 2.40. The van der Waals surface area contributed by atoms with Crippen molar-refractivity contribution in [3.8, 4) is 5.75 Å². The standard InChI is InChI=1S/C17H22O6/c1-11-15(22-12(2)18)23-16(19)17(11,3)10-21-9-13-5-7-14(20-4)8-6-13/h5-8,11,15H,9-10H2,1-4H3/t11-,15+,17-/m1/s1. The van der Waals surface area contributed by atoms with Gasteiger partial charge in [0.05, 0.1) is 25.7 Å². The number of carbonyl (C=O) groups is 2. The molecule has 1 fully saturated rings. The Kier molecular flexibility index (Phi) is 5.26. The molecule has 1 aromatic rings. The van der Waals surface area contributed by atoms with Crippen LogP contribution in [-0.4, -0.2) is 31.9 Å². The van der Waals surface area contributed by atoms with Crippen molar-refractivity contribution in [2.24, 2.45) is 11.3 Å². The molecule has 0 radical (unpaired) electrons. The summed E-state index contributed by atoms with van der Waals surface area (Å²) < 4.78 is 21.0. The van der Waals surface area contributed by atoms with Gasteiger partial charge in [-0.3, -0.25) is 9.59 Å². The van der Waals surface area contributed by atoms with Crippen LogP contribution in [0.2, 0.25) is 0 Å². The molecule has 0 N–H and O–H groups in total. The second kappa shape index (κ2) is 7.00. The minimum atomic E-state index is -0.852. The van der Waals surface area contributed by atoms with Gasteiger partial charge < -0.3 is 18.9 Å². The number of ether oxygens (including phenoxy) is 4. The monoisotopic (exact) mass is 322 g/mol. The van der Waals surface area contributed by atoms with Gasteiger partial charge in [0.25, 0.3) is 6.29 Å². The van der Waals surface area contributed by atoms with Crippen LogP contribution in [0.4, 0.5) is 0 Å². The van der Waals surface area contributed by atoms with E-state index in [0.717, 1.165) is 11.3 Å². The maximum absolute atomic E-state index is 12.1. The van der Waals surface area contributed by atoms with Crippen LogP contribution < -0.4 is 4.74 Å². The van der Waals surface area contributed by atoms with E-state index in [2.05, 4.69) is 0 Å². The van der Waals surface area contributed by atoms with Crippen LogP contribution in [0.3, 0.4) is 0 Å². The first kappa shape index (κ1) is 17.3. The normalized spacial score (nSPS) is 26.7. The Morgan fingerprint density at radius 3 is 2.52 bits per heavy atom. The molecule has 126 valence electrons. The molecule has 3 atom stereocenters. The summed E-state index contributed by atoms with van der Waals surface area (Å²) in [6.45, 7) is 5.43. The van der Waals surface area contributed by atoms with Gasteiger partial charge in [0.1, 0.15) is 5.75 Å². The van der Waals surface area contributed by atoms with Crippen LogP contribution in [0.15, 0.2) is 24.3 Å². The van der Waals surface area contributed by atoms with Gasteiger partial charge in [0.2, 0.25) is 0 Å². The molecule has 1 saturated heterocycles. The summed E-state index contributed by atoms with van der Waals surface area (Å²) in [7, 11) is 1.61. The van der Waals surface area contributed by atoms with Crippen molar-refractivity contribution in [2.45, 2.75) is 33.7 Å². The molecule has 6 heteroatoms. The highest BCUT2D eigenvalue weighted by molar-refractivity contribution is 5.79. The molecule has 0 saturated carbocycles. The van der Waals surface area contributed by atoms with E-state index in [1.54, 1.807) is 14.0 Å². The first-order valence-electron chi connectivity index (χ1n) is 7.46. The van der Waals surface area contributed by atoms with Crippen molar-refractivity contribution in [3.05, 3.63) is 29.8 Å². The largest absolute Gasteiger partial charge is 0.497 e. The van der Waals surface area contributed by atoms with E-state index in [0.29, 0.717) is 6.61 Å². The molecule has 1 heterocycles. The number of hydrogen-bond acceptors (Lipinski definition) is 6. The average molecular weight is 322 g/mol. The zero-order valence-electron chi connectivity index (χ0n) is 13.8. The second-order valence-corrected chi connectivity index (χ2v) is 5.93. The smallest absolute Gasteiger partial charge is 0.317 e. The van der Waals surface area contributed by atoms with Crippen LogP contribution in [-0.2, 0) is 30.4 Å². The first-order chi connectivity index (χ1) is 10.9. The van der Waals surface area contributed by atoms with Crippen LogP contribution in [0.5, 0.6) is 5.75 Å². The van der Waals surface area contributed by atoms with Crippen molar-refractivity contribution in [1.82, 2.24) is 0 Å². The molecule has 0 aliphatic carbocycles. The molecular formula is C17H22O6. The molecule has 2 rings (SSSR count). The summed E-state index contributed by atoms with van der Waals surface area (Å²) in [6.07, 6.45) is -0.852. The van der Waals surface area contributed by atoms with Crippen molar-refractivity contribution in [1.29, 1.82) is 0 Å². The molecule has 1 aromatic carbocycles. The zero-order valence-corrected chi connectivity index (χ0v) is 13.8. The van der Waals surface area contributed by atoms with Gasteiger partial charge >= 0.3 is 11.9 Å². The predicted octanol–water partition coefficient (Wildman–Crippen LogP) is 2.30. The molecule has 0 spiro atoms. The number of cyclic esters (lactones) is 1. The number of hydrogen-bond donors (Lipinski definition) is 0. The molecular weight excluding hydrogens is 300 g/mol. The highest BCUT2D eigenvalue weighted by Gasteiger charge is 2.53. The van der Waals surface area contributed by atoms with Crippen LogP contribution >= 0.6 is 0 Å². The fraction of sp³-hybridized carbons (Fsp3) is 0.529. The van der Waals surface area contributed by atoms with Gasteiger partial charge in [0, 0.05) is 12.8 Å². The van der Waals surface area contributed by atoms with Crippen molar-refractivity contribution < 1.29 is 28.5 Å². The van der Waals surface area contributed by atoms with Gasteiger partial charge in [-0.15, -0.1) is 0 Å². The van der Waals surface area contributed by atoms with Gasteiger partial charge in [-0.1, -0.05) is 19.1 Å². The fourth-order valence-electron chi connectivity index (χ4n) is 2.41. The molecule has 6 nitrogen and oxygen atoms in total. The molecule has 0 aromatic heterocycles. The topological polar surface area (TPSA) is 71.1 Å². The van der Waals surface area contributed by atoms with Crippen LogP contribution in [0, 0.1) is 11.3 Å². The van der Waals surface area contributed by atoms with Crippen LogP contribution in [0.1, 0.15) is 26.3 Å². The minimum absolute atomic E-state index is 0.191. The lowest BCUT2D eigenvalue weighted by Crippen LogP contribution is -2.35. The van der Waals surface area contributed by atoms with E-state index in [1.165, 1.54) is 6.92 Å². The zero-order chi connectivity index (χ0) is 17.0. The van der Waals surface area contributed by atoms with E-state index in [4.69, 9.17) is 18.9 Å². The van der Waals surface area contributed by atoms with E-state index in [9.17, 15) is 9.59 Å². The lowest BCUT2D eigenvalue weighted by Gasteiger charge is -2.25. The maximum atomic E-state index is 12.1. The lowest BCUT2D eigenvalue weighted by atomic mass is 9.80. The van der Waals surface area contributed by atoms with E-state index < -0.39 is 23.6 Å². The second-order valence-electron chi connectivity index (χ2n) is 5.93. The Morgan fingerprint density at radius 2 is 1.96 bits per heavy atom. The lowest BCUT2D eigenvalue weighted by molar-refractivity contribution is -0.179. The van der Waals surface area contributed by atoms with E-state index in [-0.39, 0.29) is 12.5 Å². The Hall–Kier alpha value is -2.08. The third kappa shape index (κ3) is 3.82. The summed E-state index contributed by atoms with van der Waals surface area (Å²) in [4.78, 5) is 23.2. The number of benzene rings is 1. The Balaban J connectivity index is 1.92. The Bertz CT molecular complexity index is 567. The van der Waals surface area contributed by atoms with Gasteiger partial charge in [-0.25, -0.2) is 0 Å². The summed E-state index contributed by atoms with van der Waals surface area (Å²) in [5.41, 5.74) is 0.136. The molecule has 0 bridgehead atoms.